The van der Waals surface area contributed by atoms with Crippen LogP contribution in [0.25, 0.3) is 16.6 Å². The quantitative estimate of drug-likeness (QED) is 0.517. The van der Waals surface area contributed by atoms with E-state index in [-0.39, 0.29) is 17.1 Å². The van der Waals surface area contributed by atoms with E-state index >= 15 is 0 Å². The maximum absolute atomic E-state index is 13.2. The molecule has 0 aliphatic carbocycles. The van der Waals surface area contributed by atoms with Crippen LogP contribution in [0.4, 0.5) is 4.39 Å². The van der Waals surface area contributed by atoms with Crippen molar-refractivity contribution in [1.29, 1.82) is 0 Å². The minimum absolute atomic E-state index is 0.269. The summed E-state index contributed by atoms with van der Waals surface area (Å²) in [4.78, 5) is 20.8. The van der Waals surface area contributed by atoms with Crippen molar-refractivity contribution in [3.8, 4) is 5.69 Å². The van der Waals surface area contributed by atoms with Crippen LogP contribution in [0, 0.1) is 5.82 Å². The number of benzene rings is 1. The summed E-state index contributed by atoms with van der Waals surface area (Å²) in [6.07, 6.45) is 6.66. The van der Waals surface area contributed by atoms with Crippen LogP contribution in [-0.4, -0.2) is 40.3 Å². The lowest BCUT2D eigenvalue weighted by atomic mass is 10.1. The molecule has 0 aliphatic rings. The number of oxazole rings is 1. The number of pyridine rings is 1. The molecule has 11 heteroatoms. The Bertz CT molecular complexity index is 1350. The van der Waals surface area contributed by atoms with Gasteiger partial charge in [-0.1, -0.05) is 0 Å². The monoisotopic (exact) mass is 429 g/mol. The molecule has 4 aromatic rings. The Morgan fingerprint density at radius 3 is 2.60 bits per heavy atom. The van der Waals surface area contributed by atoms with Gasteiger partial charge >= 0.3 is 5.22 Å². The molecule has 3 heterocycles. The Balaban J connectivity index is 1.62. The molecule has 4 rings (SSSR count). The third-order valence-electron chi connectivity index (χ3n) is 4.42. The van der Waals surface area contributed by atoms with Crippen molar-refractivity contribution in [3.05, 3.63) is 66.2 Å². The number of amides is 1. The van der Waals surface area contributed by atoms with Gasteiger partial charge in [0.05, 0.1) is 35.2 Å². The molecule has 0 saturated heterocycles. The van der Waals surface area contributed by atoms with E-state index in [1.54, 1.807) is 29.9 Å². The minimum atomic E-state index is -3.59. The molecule has 30 heavy (non-hydrogen) atoms. The fourth-order valence-corrected chi connectivity index (χ4v) is 3.39. The number of aromatic nitrogens is 4. The first kappa shape index (κ1) is 19.7. The number of nitrogens with one attached hydrogen (secondary N) is 1. The highest BCUT2D eigenvalue weighted by Gasteiger charge is 2.21. The average molecular weight is 429 g/mol. The maximum Gasteiger partial charge on any atom is 0.314 e. The van der Waals surface area contributed by atoms with Gasteiger partial charge in [-0.3, -0.25) is 9.78 Å². The van der Waals surface area contributed by atoms with Crippen LogP contribution in [0.5, 0.6) is 0 Å². The first-order valence-corrected chi connectivity index (χ1v) is 10.7. The molecule has 0 fully saturated rings. The Morgan fingerprint density at radius 2 is 1.93 bits per heavy atom. The van der Waals surface area contributed by atoms with E-state index in [0.717, 1.165) is 6.26 Å². The van der Waals surface area contributed by atoms with Crippen LogP contribution >= 0.6 is 0 Å². The van der Waals surface area contributed by atoms with Gasteiger partial charge in [0, 0.05) is 17.8 Å². The number of nitrogens with zero attached hydrogens (tertiary/aromatic N) is 4. The van der Waals surface area contributed by atoms with Gasteiger partial charge in [0.15, 0.2) is 0 Å². The standard InChI is InChI=1S/C19H16FN5O4S/c1-11(16-10-29-19(24-16)30(2,27)28)23-18(26)15-7-21-9-17-14(15)8-22-25(17)13-5-3-12(20)4-6-13/h3-11H,1-2H3,(H,23,26). The SMILES string of the molecule is CC(NC(=O)c1cncc2c1cnn2-c1ccc(F)cc1)c1coc(S(C)(=O)=O)n1. The number of carbonyl (C=O) groups excluding carboxylic acids is 1. The van der Waals surface area contributed by atoms with Crippen molar-refractivity contribution < 1.29 is 22.0 Å². The Kier molecular flexibility index (Phi) is 4.82. The molecule has 0 aliphatic heterocycles. The van der Waals surface area contributed by atoms with Gasteiger partial charge in [-0.15, -0.1) is 0 Å². The van der Waals surface area contributed by atoms with Crippen molar-refractivity contribution in [2.75, 3.05) is 6.26 Å². The van der Waals surface area contributed by atoms with Gasteiger partial charge in [-0.25, -0.2) is 22.5 Å². The zero-order valence-corrected chi connectivity index (χ0v) is 16.7. The molecule has 1 atom stereocenters. The van der Waals surface area contributed by atoms with E-state index in [2.05, 4.69) is 20.4 Å². The van der Waals surface area contributed by atoms with E-state index in [0.29, 0.717) is 16.6 Å². The highest BCUT2D eigenvalue weighted by molar-refractivity contribution is 7.90. The molecule has 1 N–H and O–H groups in total. The lowest BCUT2D eigenvalue weighted by Crippen LogP contribution is -2.27. The molecule has 9 nitrogen and oxygen atoms in total. The third-order valence-corrected chi connectivity index (χ3v) is 5.24. The van der Waals surface area contributed by atoms with Gasteiger partial charge in [0.1, 0.15) is 17.8 Å². The van der Waals surface area contributed by atoms with Crippen molar-refractivity contribution in [1.82, 2.24) is 25.1 Å². The first-order chi connectivity index (χ1) is 14.2. The third kappa shape index (κ3) is 3.66. The lowest BCUT2D eigenvalue weighted by molar-refractivity contribution is 0.0940. The number of fused-ring (bicyclic) bond motifs is 1. The minimum Gasteiger partial charge on any atom is -0.436 e. The second-order valence-corrected chi connectivity index (χ2v) is 8.55. The molecule has 0 saturated carbocycles. The molecule has 154 valence electrons. The molecule has 1 aromatic carbocycles. The second-order valence-electron chi connectivity index (χ2n) is 6.66. The summed E-state index contributed by atoms with van der Waals surface area (Å²) in [5, 5.41) is 7.17. The summed E-state index contributed by atoms with van der Waals surface area (Å²) in [5.41, 5.74) is 1.74. The van der Waals surface area contributed by atoms with Crippen molar-refractivity contribution >= 4 is 26.6 Å². The normalized spacial score (nSPS) is 12.8. The smallest absolute Gasteiger partial charge is 0.314 e. The van der Waals surface area contributed by atoms with E-state index < -0.39 is 27.0 Å². The van der Waals surface area contributed by atoms with Crippen molar-refractivity contribution in [2.24, 2.45) is 0 Å². The second kappa shape index (κ2) is 7.34. The molecule has 0 spiro atoms. The van der Waals surface area contributed by atoms with Crippen LogP contribution in [0.2, 0.25) is 0 Å². The number of carbonyl (C=O) groups is 1. The Hall–Kier alpha value is -3.60. The molecule has 3 aromatic heterocycles. The zero-order valence-electron chi connectivity index (χ0n) is 15.9. The van der Waals surface area contributed by atoms with E-state index in [4.69, 9.17) is 4.42 Å². The number of sulfone groups is 1. The summed E-state index contributed by atoms with van der Waals surface area (Å²) < 4.78 is 42.7. The summed E-state index contributed by atoms with van der Waals surface area (Å²) in [6, 6.07) is 5.16. The van der Waals surface area contributed by atoms with Gasteiger partial charge in [-0.05, 0) is 31.2 Å². The molecule has 0 radical (unpaired) electrons. The van der Waals surface area contributed by atoms with Crippen LogP contribution in [0.3, 0.4) is 0 Å². The molecular formula is C19H16FN5O4S. The number of hydrogen-bond donors (Lipinski definition) is 1. The lowest BCUT2D eigenvalue weighted by Gasteiger charge is -2.11. The fraction of sp³-hybridized carbons (Fsp3) is 0.158. The zero-order chi connectivity index (χ0) is 21.5. The number of hydrogen-bond acceptors (Lipinski definition) is 7. The van der Waals surface area contributed by atoms with E-state index in [1.165, 1.54) is 30.8 Å². The predicted molar refractivity (Wildman–Crippen MR) is 104 cm³/mol. The van der Waals surface area contributed by atoms with Gasteiger partial charge < -0.3 is 9.73 Å². The molecular weight excluding hydrogens is 413 g/mol. The fourth-order valence-electron chi connectivity index (χ4n) is 2.90. The van der Waals surface area contributed by atoms with Gasteiger partial charge in [-0.2, -0.15) is 5.10 Å². The summed E-state index contributed by atoms with van der Waals surface area (Å²) in [6.45, 7) is 1.65. The first-order valence-electron chi connectivity index (χ1n) is 8.78. The number of halogens is 1. The van der Waals surface area contributed by atoms with E-state index in [1.807, 2.05) is 0 Å². The Labute approximate surface area is 170 Å². The van der Waals surface area contributed by atoms with Crippen LogP contribution < -0.4 is 5.32 Å². The summed E-state index contributed by atoms with van der Waals surface area (Å²) in [7, 11) is -3.59. The molecule has 0 bridgehead atoms. The highest BCUT2D eigenvalue weighted by atomic mass is 32.2. The molecule has 1 unspecified atom stereocenters. The summed E-state index contributed by atoms with van der Waals surface area (Å²) >= 11 is 0. The average Bonchev–Trinajstić information content (AvgIpc) is 3.36. The van der Waals surface area contributed by atoms with Crippen molar-refractivity contribution in [2.45, 2.75) is 18.2 Å². The molecule has 1 amide bonds. The Morgan fingerprint density at radius 1 is 1.20 bits per heavy atom. The maximum atomic E-state index is 13.2. The topological polar surface area (TPSA) is 120 Å². The van der Waals surface area contributed by atoms with Crippen molar-refractivity contribution in [3.63, 3.8) is 0 Å². The van der Waals surface area contributed by atoms with Crippen LogP contribution in [0.15, 0.2) is 58.8 Å². The predicted octanol–water partition coefficient (Wildman–Crippen LogP) is 2.44. The van der Waals surface area contributed by atoms with Gasteiger partial charge in [0.25, 0.3) is 5.91 Å². The number of rotatable bonds is 5. The largest absolute Gasteiger partial charge is 0.436 e. The van der Waals surface area contributed by atoms with Crippen LogP contribution in [0.1, 0.15) is 29.0 Å². The van der Waals surface area contributed by atoms with Crippen LogP contribution in [-0.2, 0) is 9.84 Å². The van der Waals surface area contributed by atoms with E-state index in [9.17, 15) is 17.6 Å². The summed E-state index contributed by atoms with van der Waals surface area (Å²) in [5.74, 6) is -0.808. The van der Waals surface area contributed by atoms with Gasteiger partial charge in [0.2, 0.25) is 9.84 Å². The highest BCUT2D eigenvalue weighted by Crippen LogP contribution is 2.22.